The molecule has 1 atom stereocenters. The quantitative estimate of drug-likeness (QED) is 0.385. The number of methoxy groups -OCH3 is 1. The topological polar surface area (TPSA) is 89.2 Å². The summed E-state index contributed by atoms with van der Waals surface area (Å²) in [6.07, 6.45) is 1.47. The Balaban J connectivity index is 2.08. The fraction of sp³-hybridized carbons (Fsp3) is 0.417. The second-order valence-electron chi connectivity index (χ2n) is 8.04. The average Bonchev–Trinajstić information content (AvgIpc) is 3.35. The minimum atomic E-state index is -0.824. The van der Waals surface area contributed by atoms with E-state index in [-0.39, 0.29) is 36.5 Å². The number of rotatable bonds is 8. The zero-order valence-corrected chi connectivity index (χ0v) is 18.5. The lowest BCUT2D eigenvalue weighted by molar-refractivity contribution is -0.140. The SMILES string of the molecule is COc1ccc(/C(O)=C2/C(=O)C(=O)N(CCOC(C)C)C2c2ccco2)cc1C(C)C. The first-order valence-electron chi connectivity index (χ1n) is 10.4. The van der Waals surface area contributed by atoms with Gasteiger partial charge in [-0.05, 0) is 55.7 Å². The van der Waals surface area contributed by atoms with Crippen LogP contribution < -0.4 is 4.74 Å². The number of likely N-dealkylation sites (tertiary alicyclic amines) is 1. The fourth-order valence-corrected chi connectivity index (χ4v) is 3.73. The molecule has 166 valence electrons. The molecule has 2 aromatic rings. The van der Waals surface area contributed by atoms with Crippen LogP contribution in [0.1, 0.15) is 56.5 Å². The first kappa shape index (κ1) is 22.6. The number of hydrogen-bond acceptors (Lipinski definition) is 6. The predicted octanol–water partition coefficient (Wildman–Crippen LogP) is 4.26. The van der Waals surface area contributed by atoms with E-state index in [1.807, 2.05) is 27.7 Å². The number of benzene rings is 1. The third kappa shape index (κ3) is 4.51. The van der Waals surface area contributed by atoms with Crippen LogP contribution in [-0.2, 0) is 14.3 Å². The van der Waals surface area contributed by atoms with Crippen LogP contribution in [-0.4, -0.2) is 48.1 Å². The monoisotopic (exact) mass is 427 g/mol. The zero-order chi connectivity index (χ0) is 22.7. The number of ketones is 1. The fourth-order valence-electron chi connectivity index (χ4n) is 3.73. The number of nitrogens with zero attached hydrogens (tertiary/aromatic N) is 1. The molecular formula is C24H29NO6. The van der Waals surface area contributed by atoms with Gasteiger partial charge in [0.2, 0.25) is 0 Å². The van der Waals surface area contributed by atoms with Gasteiger partial charge in [-0.3, -0.25) is 9.59 Å². The summed E-state index contributed by atoms with van der Waals surface area (Å²) < 4.78 is 16.5. The zero-order valence-electron chi connectivity index (χ0n) is 18.5. The van der Waals surface area contributed by atoms with Crippen molar-refractivity contribution in [2.45, 2.75) is 45.8 Å². The van der Waals surface area contributed by atoms with Crippen LogP contribution in [0.25, 0.3) is 5.76 Å². The van der Waals surface area contributed by atoms with Gasteiger partial charge in [-0.1, -0.05) is 13.8 Å². The Morgan fingerprint density at radius 1 is 1.19 bits per heavy atom. The molecule has 1 fully saturated rings. The van der Waals surface area contributed by atoms with Crippen molar-refractivity contribution in [3.8, 4) is 5.75 Å². The van der Waals surface area contributed by atoms with Crippen molar-refractivity contribution >= 4 is 17.4 Å². The van der Waals surface area contributed by atoms with Crippen LogP contribution in [0.15, 0.2) is 46.6 Å². The van der Waals surface area contributed by atoms with Crippen molar-refractivity contribution in [3.05, 3.63) is 59.1 Å². The maximum Gasteiger partial charge on any atom is 0.295 e. The summed E-state index contributed by atoms with van der Waals surface area (Å²) in [6.45, 7) is 8.28. The molecule has 7 nitrogen and oxygen atoms in total. The van der Waals surface area contributed by atoms with Gasteiger partial charge in [0.15, 0.2) is 0 Å². The number of amides is 1. The molecule has 1 saturated heterocycles. The largest absolute Gasteiger partial charge is 0.507 e. The Bertz CT molecular complexity index is 974. The molecule has 0 saturated carbocycles. The van der Waals surface area contributed by atoms with Crippen LogP contribution in [0.2, 0.25) is 0 Å². The van der Waals surface area contributed by atoms with Crippen molar-refractivity contribution in [3.63, 3.8) is 0 Å². The number of Topliss-reactive ketones (excluding diaryl/α,β-unsaturated/α-hetero) is 1. The lowest BCUT2D eigenvalue weighted by Gasteiger charge is -2.23. The summed E-state index contributed by atoms with van der Waals surface area (Å²) in [7, 11) is 1.59. The van der Waals surface area contributed by atoms with Crippen molar-refractivity contribution in [2.24, 2.45) is 0 Å². The van der Waals surface area contributed by atoms with Gasteiger partial charge in [0, 0.05) is 12.1 Å². The Labute approximate surface area is 182 Å². The molecule has 0 radical (unpaired) electrons. The number of hydrogen-bond donors (Lipinski definition) is 1. The molecule has 0 spiro atoms. The van der Waals surface area contributed by atoms with E-state index in [1.165, 1.54) is 11.2 Å². The molecule has 1 amide bonds. The highest BCUT2D eigenvalue weighted by molar-refractivity contribution is 6.46. The van der Waals surface area contributed by atoms with Gasteiger partial charge in [0.1, 0.15) is 23.3 Å². The number of furan rings is 1. The standard InChI is InChI=1S/C24H29NO6/c1-14(2)17-13-16(8-9-18(17)29-5)22(26)20-21(19-7-6-11-31-19)25(24(28)23(20)27)10-12-30-15(3)4/h6-9,11,13-15,21,26H,10,12H2,1-5H3/b22-20-. The summed E-state index contributed by atoms with van der Waals surface area (Å²) in [4.78, 5) is 27.2. The highest BCUT2D eigenvalue weighted by atomic mass is 16.5. The van der Waals surface area contributed by atoms with Gasteiger partial charge >= 0.3 is 0 Å². The Morgan fingerprint density at radius 3 is 2.52 bits per heavy atom. The maximum absolute atomic E-state index is 13.0. The summed E-state index contributed by atoms with van der Waals surface area (Å²) >= 11 is 0. The summed E-state index contributed by atoms with van der Waals surface area (Å²) in [5.74, 6) is -0.433. The van der Waals surface area contributed by atoms with Crippen molar-refractivity contribution in [1.29, 1.82) is 0 Å². The third-order valence-corrected chi connectivity index (χ3v) is 5.26. The lowest BCUT2D eigenvalue weighted by Crippen LogP contribution is -2.33. The van der Waals surface area contributed by atoms with E-state index in [4.69, 9.17) is 13.9 Å². The van der Waals surface area contributed by atoms with Gasteiger partial charge in [-0.25, -0.2) is 0 Å². The maximum atomic E-state index is 13.0. The third-order valence-electron chi connectivity index (χ3n) is 5.26. The normalized spacial score (nSPS) is 18.4. The number of ether oxygens (including phenoxy) is 2. The molecule has 1 unspecified atom stereocenters. The summed E-state index contributed by atoms with van der Waals surface area (Å²) in [5, 5.41) is 11.1. The lowest BCUT2D eigenvalue weighted by atomic mass is 9.95. The summed E-state index contributed by atoms with van der Waals surface area (Å²) in [6, 6.07) is 7.76. The number of aliphatic hydroxyl groups excluding tert-OH is 1. The molecule has 1 aromatic carbocycles. The molecule has 2 heterocycles. The molecular weight excluding hydrogens is 398 g/mol. The van der Waals surface area contributed by atoms with E-state index in [0.717, 1.165) is 5.56 Å². The van der Waals surface area contributed by atoms with E-state index >= 15 is 0 Å². The predicted molar refractivity (Wildman–Crippen MR) is 116 cm³/mol. The first-order valence-corrected chi connectivity index (χ1v) is 10.4. The van der Waals surface area contributed by atoms with Gasteiger partial charge in [0.05, 0.1) is 31.7 Å². The minimum absolute atomic E-state index is 0.00405. The molecule has 1 N–H and O–H groups in total. The second-order valence-corrected chi connectivity index (χ2v) is 8.04. The van der Waals surface area contributed by atoms with Crippen molar-refractivity contribution in [2.75, 3.05) is 20.3 Å². The van der Waals surface area contributed by atoms with Crippen LogP contribution in [0.5, 0.6) is 5.75 Å². The minimum Gasteiger partial charge on any atom is -0.507 e. The highest BCUT2D eigenvalue weighted by Gasteiger charge is 2.47. The molecule has 3 rings (SSSR count). The van der Waals surface area contributed by atoms with Gasteiger partial charge in [0.25, 0.3) is 11.7 Å². The van der Waals surface area contributed by atoms with E-state index in [0.29, 0.717) is 17.1 Å². The highest BCUT2D eigenvalue weighted by Crippen LogP contribution is 2.40. The van der Waals surface area contributed by atoms with Gasteiger partial charge in [-0.2, -0.15) is 0 Å². The number of carbonyl (C=O) groups is 2. The number of aliphatic hydroxyl groups is 1. The van der Waals surface area contributed by atoms with E-state index < -0.39 is 17.7 Å². The van der Waals surface area contributed by atoms with Crippen molar-refractivity contribution < 1.29 is 28.6 Å². The molecule has 31 heavy (non-hydrogen) atoms. The molecule has 7 heteroatoms. The second kappa shape index (κ2) is 9.39. The Hall–Kier alpha value is -3.06. The van der Waals surface area contributed by atoms with E-state index in [9.17, 15) is 14.7 Å². The molecule has 1 aromatic heterocycles. The van der Waals surface area contributed by atoms with Crippen LogP contribution in [0.3, 0.4) is 0 Å². The van der Waals surface area contributed by atoms with E-state index in [1.54, 1.807) is 37.4 Å². The molecule has 1 aliphatic rings. The average molecular weight is 427 g/mol. The van der Waals surface area contributed by atoms with Crippen LogP contribution in [0, 0.1) is 0 Å². The van der Waals surface area contributed by atoms with Crippen molar-refractivity contribution in [1.82, 2.24) is 4.90 Å². The molecule has 0 bridgehead atoms. The Morgan fingerprint density at radius 2 is 1.94 bits per heavy atom. The summed E-state index contributed by atoms with van der Waals surface area (Å²) in [5.41, 5.74) is 1.34. The van der Waals surface area contributed by atoms with Gasteiger partial charge in [-0.15, -0.1) is 0 Å². The van der Waals surface area contributed by atoms with Crippen LogP contribution in [0.4, 0.5) is 0 Å². The molecule has 0 aliphatic carbocycles. The molecule has 1 aliphatic heterocycles. The Kier molecular flexibility index (Phi) is 6.85. The van der Waals surface area contributed by atoms with Gasteiger partial charge < -0.3 is 23.9 Å². The van der Waals surface area contributed by atoms with E-state index in [2.05, 4.69) is 0 Å². The first-order chi connectivity index (χ1) is 14.8. The smallest absolute Gasteiger partial charge is 0.295 e. The van der Waals surface area contributed by atoms with Crippen LogP contribution >= 0.6 is 0 Å². The number of carbonyl (C=O) groups excluding carboxylic acids is 2.